The number of carbonyl (C=O) groups excluding carboxylic acids is 1. The molecule has 1 atom stereocenters. The largest absolute Gasteiger partial charge is 0.325 e. The summed E-state index contributed by atoms with van der Waals surface area (Å²) in [7, 11) is -3.55. The van der Waals surface area contributed by atoms with E-state index in [0.29, 0.717) is 10.8 Å². The lowest BCUT2D eigenvalue weighted by atomic mass is 10.3. The van der Waals surface area contributed by atoms with Gasteiger partial charge in [0.1, 0.15) is 6.33 Å². The van der Waals surface area contributed by atoms with Gasteiger partial charge in [0.05, 0.1) is 10.1 Å². The smallest absolute Gasteiger partial charge is 0.240 e. The first kappa shape index (κ1) is 21.4. The van der Waals surface area contributed by atoms with Gasteiger partial charge in [0.15, 0.2) is 5.16 Å². The summed E-state index contributed by atoms with van der Waals surface area (Å²) in [5.41, 5.74) is 0.529. The van der Waals surface area contributed by atoms with Gasteiger partial charge in [-0.2, -0.15) is 0 Å². The molecule has 10 heteroatoms. The first-order chi connectivity index (χ1) is 12.6. The van der Waals surface area contributed by atoms with Crippen LogP contribution in [0.15, 0.2) is 40.6 Å². The van der Waals surface area contributed by atoms with E-state index in [2.05, 4.69) is 20.2 Å². The molecule has 1 aromatic carbocycles. The molecule has 2 aromatic rings. The molecule has 1 amide bonds. The Morgan fingerprint density at radius 2 is 1.74 bits per heavy atom. The van der Waals surface area contributed by atoms with Crippen molar-refractivity contribution in [3.8, 4) is 0 Å². The lowest BCUT2D eigenvalue weighted by molar-refractivity contribution is -0.115. The second kappa shape index (κ2) is 8.85. The summed E-state index contributed by atoms with van der Waals surface area (Å²) in [6.45, 7) is 9.32. The van der Waals surface area contributed by atoms with Crippen molar-refractivity contribution in [2.45, 2.75) is 62.0 Å². The van der Waals surface area contributed by atoms with Crippen molar-refractivity contribution in [1.29, 1.82) is 0 Å². The molecule has 0 saturated carbocycles. The molecule has 148 valence electrons. The van der Waals surface area contributed by atoms with Crippen LogP contribution in [0.1, 0.15) is 40.7 Å². The Hall–Kier alpha value is -1.91. The molecule has 2 N–H and O–H groups in total. The van der Waals surface area contributed by atoms with Gasteiger partial charge in [-0.05, 0) is 58.9 Å². The standard InChI is InChI=1S/C17H25N5O3S2/c1-11(2)21-27(24,25)15-8-6-14(7-9-15)19-16(23)13(5)26-17-20-18-10-22(17)12(3)4/h6-13,21H,1-5H3,(H,19,23)/t13-/m1/s1. The maximum Gasteiger partial charge on any atom is 0.240 e. The molecule has 0 aliphatic heterocycles. The van der Waals surface area contributed by atoms with Crippen molar-refractivity contribution in [3.05, 3.63) is 30.6 Å². The molecule has 1 heterocycles. The zero-order valence-corrected chi connectivity index (χ0v) is 17.6. The van der Waals surface area contributed by atoms with E-state index in [1.54, 1.807) is 39.2 Å². The molecule has 0 bridgehead atoms. The van der Waals surface area contributed by atoms with E-state index in [1.807, 2.05) is 18.4 Å². The minimum Gasteiger partial charge on any atom is -0.325 e. The Labute approximate surface area is 164 Å². The van der Waals surface area contributed by atoms with Gasteiger partial charge in [0.2, 0.25) is 15.9 Å². The van der Waals surface area contributed by atoms with Crippen LogP contribution in [0.5, 0.6) is 0 Å². The third-order valence-electron chi connectivity index (χ3n) is 3.57. The van der Waals surface area contributed by atoms with Crippen LogP contribution in [0.25, 0.3) is 0 Å². The van der Waals surface area contributed by atoms with Crippen LogP contribution < -0.4 is 10.0 Å². The Morgan fingerprint density at radius 1 is 1.11 bits per heavy atom. The monoisotopic (exact) mass is 411 g/mol. The predicted molar refractivity (Wildman–Crippen MR) is 106 cm³/mol. The van der Waals surface area contributed by atoms with Crippen LogP contribution >= 0.6 is 11.8 Å². The van der Waals surface area contributed by atoms with Crippen molar-refractivity contribution >= 4 is 33.4 Å². The van der Waals surface area contributed by atoms with E-state index < -0.39 is 15.3 Å². The molecular formula is C17H25N5O3S2. The number of nitrogens with zero attached hydrogens (tertiary/aromatic N) is 3. The molecule has 0 aliphatic rings. The minimum atomic E-state index is -3.55. The number of amides is 1. The van der Waals surface area contributed by atoms with Crippen molar-refractivity contribution < 1.29 is 13.2 Å². The van der Waals surface area contributed by atoms with Crippen molar-refractivity contribution in [1.82, 2.24) is 19.5 Å². The Bertz CT molecular complexity index is 876. The van der Waals surface area contributed by atoms with E-state index in [1.165, 1.54) is 23.9 Å². The van der Waals surface area contributed by atoms with Gasteiger partial charge in [-0.1, -0.05) is 11.8 Å². The van der Waals surface area contributed by atoms with Crippen LogP contribution in [0, 0.1) is 0 Å². The first-order valence-corrected chi connectivity index (χ1v) is 11.0. The van der Waals surface area contributed by atoms with Crippen molar-refractivity contribution in [3.63, 3.8) is 0 Å². The highest BCUT2D eigenvalue weighted by Crippen LogP contribution is 2.24. The number of thioether (sulfide) groups is 1. The van der Waals surface area contributed by atoms with Gasteiger partial charge < -0.3 is 9.88 Å². The highest BCUT2D eigenvalue weighted by Gasteiger charge is 2.20. The summed E-state index contributed by atoms with van der Waals surface area (Å²) in [6, 6.07) is 6.08. The third-order valence-corrected chi connectivity index (χ3v) is 6.32. The lowest BCUT2D eigenvalue weighted by Gasteiger charge is -2.14. The van der Waals surface area contributed by atoms with Crippen molar-refractivity contribution in [2.24, 2.45) is 0 Å². The molecule has 0 aliphatic carbocycles. The quantitative estimate of drug-likeness (QED) is 0.647. The van der Waals surface area contributed by atoms with Crippen LogP contribution in [0.2, 0.25) is 0 Å². The summed E-state index contributed by atoms with van der Waals surface area (Å²) in [5, 5.41) is 11.0. The number of sulfonamides is 1. The summed E-state index contributed by atoms with van der Waals surface area (Å²) < 4.78 is 28.7. The fourth-order valence-corrected chi connectivity index (χ4v) is 4.43. The molecule has 0 fully saturated rings. The average Bonchev–Trinajstić information content (AvgIpc) is 3.02. The molecule has 0 unspecified atom stereocenters. The van der Waals surface area contributed by atoms with E-state index in [9.17, 15) is 13.2 Å². The maximum absolute atomic E-state index is 12.4. The van der Waals surface area contributed by atoms with Crippen LogP contribution in [0.4, 0.5) is 5.69 Å². The molecule has 8 nitrogen and oxygen atoms in total. The van der Waals surface area contributed by atoms with Gasteiger partial charge in [0, 0.05) is 17.8 Å². The van der Waals surface area contributed by atoms with Gasteiger partial charge in [0.25, 0.3) is 0 Å². The summed E-state index contributed by atoms with van der Waals surface area (Å²) >= 11 is 1.32. The number of hydrogen-bond acceptors (Lipinski definition) is 6. The zero-order valence-electron chi connectivity index (χ0n) is 16.0. The Kier molecular flexibility index (Phi) is 7.01. The van der Waals surface area contributed by atoms with Gasteiger partial charge >= 0.3 is 0 Å². The second-order valence-electron chi connectivity index (χ2n) is 6.66. The fraction of sp³-hybridized carbons (Fsp3) is 0.471. The van der Waals surface area contributed by atoms with Crippen LogP contribution in [-0.2, 0) is 14.8 Å². The number of rotatable bonds is 8. The number of anilines is 1. The topological polar surface area (TPSA) is 106 Å². The van der Waals surface area contributed by atoms with E-state index >= 15 is 0 Å². The minimum absolute atomic E-state index is 0.154. The molecule has 0 saturated heterocycles. The molecule has 2 rings (SSSR count). The fourth-order valence-electron chi connectivity index (χ4n) is 2.22. The number of carbonyl (C=O) groups is 1. The highest BCUT2D eigenvalue weighted by atomic mass is 32.2. The van der Waals surface area contributed by atoms with Gasteiger partial charge in [-0.25, -0.2) is 13.1 Å². The lowest BCUT2D eigenvalue weighted by Crippen LogP contribution is -2.30. The number of aromatic nitrogens is 3. The molecule has 0 spiro atoms. The predicted octanol–water partition coefficient (Wildman–Crippen LogP) is 2.67. The van der Waals surface area contributed by atoms with Crippen LogP contribution in [0.3, 0.4) is 0 Å². The molecular weight excluding hydrogens is 386 g/mol. The summed E-state index contributed by atoms with van der Waals surface area (Å²) in [5.74, 6) is -0.200. The number of benzene rings is 1. The summed E-state index contributed by atoms with van der Waals surface area (Å²) in [4.78, 5) is 12.6. The third kappa shape index (κ3) is 5.78. The van der Waals surface area contributed by atoms with Gasteiger partial charge in [-0.3, -0.25) is 4.79 Å². The summed E-state index contributed by atoms with van der Waals surface area (Å²) in [6.07, 6.45) is 1.64. The highest BCUT2D eigenvalue weighted by molar-refractivity contribution is 8.00. The number of hydrogen-bond donors (Lipinski definition) is 2. The molecule has 27 heavy (non-hydrogen) atoms. The number of nitrogens with one attached hydrogen (secondary N) is 2. The first-order valence-electron chi connectivity index (χ1n) is 8.59. The van der Waals surface area contributed by atoms with Crippen LogP contribution in [-0.4, -0.2) is 40.4 Å². The maximum atomic E-state index is 12.4. The van der Waals surface area contributed by atoms with E-state index in [4.69, 9.17) is 0 Å². The van der Waals surface area contributed by atoms with Gasteiger partial charge in [-0.15, -0.1) is 10.2 Å². The normalized spacial score (nSPS) is 13.1. The molecule has 0 radical (unpaired) electrons. The van der Waals surface area contributed by atoms with E-state index in [0.717, 1.165) is 0 Å². The Morgan fingerprint density at radius 3 is 2.30 bits per heavy atom. The molecule has 1 aromatic heterocycles. The van der Waals surface area contributed by atoms with E-state index in [-0.39, 0.29) is 22.9 Å². The van der Waals surface area contributed by atoms with Crippen molar-refractivity contribution in [2.75, 3.05) is 5.32 Å². The average molecular weight is 412 g/mol. The second-order valence-corrected chi connectivity index (χ2v) is 9.69. The zero-order chi connectivity index (χ0) is 20.2. The Balaban J connectivity index is 2.02. The SMILES string of the molecule is CC(C)NS(=O)(=O)c1ccc(NC(=O)[C@@H](C)Sc2nncn2C(C)C)cc1.